The molecule has 14 heavy (non-hydrogen) atoms. The molecule has 3 nitrogen and oxygen atoms in total. The van der Waals surface area contributed by atoms with Gasteiger partial charge in [-0.15, -0.1) is 11.3 Å². The van der Waals surface area contributed by atoms with E-state index in [1.165, 1.54) is 4.88 Å². The molecule has 78 valence electrons. The Hall–Kier alpha value is -0.520. The number of thiazole rings is 1. The maximum atomic E-state index is 5.54. The maximum Gasteiger partial charge on any atom is 0.0870 e. The van der Waals surface area contributed by atoms with Gasteiger partial charge in [-0.25, -0.2) is 0 Å². The summed E-state index contributed by atoms with van der Waals surface area (Å²) in [7, 11) is 0. The van der Waals surface area contributed by atoms with E-state index in [1.54, 1.807) is 11.3 Å². The lowest BCUT2D eigenvalue weighted by Crippen LogP contribution is -2.36. The lowest BCUT2D eigenvalue weighted by Gasteiger charge is -2.24. The Balaban J connectivity index is 2.56. The fourth-order valence-electron chi connectivity index (χ4n) is 1.14. The van der Waals surface area contributed by atoms with Gasteiger partial charge in [-0.2, -0.15) is 0 Å². The quantitative estimate of drug-likeness (QED) is 0.779. The average molecular weight is 229 g/mol. The molecule has 1 rings (SSSR count). The number of hydrogen-bond donors (Lipinski definition) is 1. The molecule has 1 aromatic heterocycles. The Kier molecular flexibility index (Phi) is 4.44. The van der Waals surface area contributed by atoms with Gasteiger partial charge < -0.3 is 5.73 Å². The molecular formula is C9H15N3S2. The molecule has 0 aliphatic rings. The molecular weight excluding hydrogens is 214 g/mol. The smallest absolute Gasteiger partial charge is 0.0870 e. The summed E-state index contributed by atoms with van der Waals surface area (Å²) in [6.07, 6.45) is 1.89. The molecule has 0 saturated carbocycles. The minimum Gasteiger partial charge on any atom is -0.392 e. The number of nitrogens with two attached hydrogens (primary N) is 1. The minimum atomic E-state index is 0.443. The molecule has 0 aliphatic carbocycles. The number of aromatic nitrogens is 1. The van der Waals surface area contributed by atoms with Crippen LogP contribution in [0.4, 0.5) is 0 Å². The second-order valence-electron chi connectivity index (χ2n) is 3.43. The highest BCUT2D eigenvalue weighted by molar-refractivity contribution is 7.80. The van der Waals surface area contributed by atoms with E-state index >= 15 is 0 Å². The zero-order chi connectivity index (χ0) is 10.6. The van der Waals surface area contributed by atoms with Crippen molar-refractivity contribution in [1.82, 2.24) is 9.88 Å². The van der Waals surface area contributed by atoms with E-state index in [0.717, 1.165) is 6.54 Å². The van der Waals surface area contributed by atoms with Crippen molar-refractivity contribution >= 4 is 28.5 Å². The van der Waals surface area contributed by atoms with Crippen molar-refractivity contribution in [3.63, 3.8) is 0 Å². The Morgan fingerprint density at radius 3 is 2.86 bits per heavy atom. The van der Waals surface area contributed by atoms with Crippen molar-refractivity contribution in [3.05, 3.63) is 16.6 Å². The molecule has 0 fully saturated rings. The summed E-state index contributed by atoms with van der Waals surface area (Å²) in [5, 5.41) is 0. The van der Waals surface area contributed by atoms with Crippen LogP contribution < -0.4 is 5.73 Å². The van der Waals surface area contributed by atoms with Crippen molar-refractivity contribution < 1.29 is 0 Å². The van der Waals surface area contributed by atoms with Crippen LogP contribution in [0.3, 0.4) is 0 Å². The average Bonchev–Trinajstić information content (AvgIpc) is 2.54. The summed E-state index contributed by atoms with van der Waals surface area (Å²) in [4.78, 5) is 8.06. The van der Waals surface area contributed by atoms with Gasteiger partial charge in [0.2, 0.25) is 0 Å². The molecule has 1 aromatic rings. The van der Waals surface area contributed by atoms with E-state index in [2.05, 4.69) is 23.7 Å². The van der Waals surface area contributed by atoms with Gasteiger partial charge in [0.25, 0.3) is 0 Å². The van der Waals surface area contributed by atoms with E-state index in [1.807, 2.05) is 11.7 Å². The van der Waals surface area contributed by atoms with Gasteiger partial charge >= 0.3 is 0 Å². The summed E-state index contributed by atoms with van der Waals surface area (Å²) in [5.41, 5.74) is 7.38. The van der Waals surface area contributed by atoms with Crippen molar-refractivity contribution in [2.75, 3.05) is 6.54 Å². The van der Waals surface area contributed by atoms with E-state index in [4.69, 9.17) is 18.0 Å². The van der Waals surface area contributed by atoms with E-state index in [0.29, 0.717) is 17.6 Å². The molecule has 0 saturated heterocycles. The van der Waals surface area contributed by atoms with Crippen molar-refractivity contribution in [2.45, 2.75) is 26.4 Å². The monoisotopic (exact) mass is 229 g/mol. The second-order valence-corrected chi connectivity index (χ2v) is 4.93. The van der Waals surface area contributed by atoms with Crippen LogP contribution in [-0.4, -0.2) is 27.5 Å². The van der Waals surface area contributed by atoms with Crippen molar-refractivity contribution in [2.24, 2.45) is 5.73 Å². The fourth-order valence-corrected chi connectivity index (χ4v) is 1.93. The predicted molar refractivity (Wildman–Crippen MR) is 64.4 cm³/mol. The number of nitrogens with zero attached hydrogens (tertiary/aromatic N) is 2. The summed E-state index contributed by atoms with van der Waals surface area (Å²) >= 11 is 6.57. The van der Waals surface area contributed by atoms with Gasteiger partial charge in [0, 0.05) is 30.2 Å². The lowest BCUT2D eigenvalue weighted by molar-refractivity contribution is 0.247. The van der Waals surface area contributed by atoms with Crippen LogP contribution in [0, 0.1) is 0 Å². The van der Waals surface area contributed by atoms with Gasteiger partial charge in [0.05, 0.1) is 10.5 Å². The molecule has 1 heterocycles. The summed E-state index contributed by atoms with van der Waals surface area (Å²) in [6, 6.07) is 0.443. The topological polar surface area (TPSA) is 42.1 Å². The van der Waals surface area contributed by atoms with Gasteiger partial charge in [-0.05, 0) is 13.8 Å². The molecule has 0 unspecified atom stereocenters. The largest absolute Gasteiger partial charge is 0.392 e. The van der Waals surface area contributed by atoms with Crippen molar-refractivity contribution in [1.29, 1.82) is 0 Å². The third-order valence-electron chi connectivity index (χ3n) is 1.93. The zero-order valence-corrected chi connectivity index (χ0v) is 10.1. The van der Waals surface area contributed by atoms with Crippen LogP contribution >= 0.6 is 23.6 Å². The Labute approximate surface area is 93.9 Å². The SMILES string of the molecule is CC(C)N(CC(N)=S)Cc1cncs1. The zero-order valence-electron chi connectivity index (χ0n) is 8.43. The van der Waals surface area contributed by atoms with Crippen LogP contribution in [0.25, 0.3) is 0 Å². The highest BCUT2D eigenvalue weighted by Crippen LogP contribution is 2.11. The standard InChI is InChI=1S/C9H15N3S2/c1-7(2)12(5-9(10)13)4-8-3-11-6-14-8/h3,6-7H,4-5H2,1-2H3,(H2,10,13). The molecule has 2 N–H and O–H groups in total. The van der Waals surface area contributed by atoms with E-state index in [9.17, 15) is 0 Å². The van der Waals surface area contributed by atoms with E-state index in [-0.39, 0.29) is 0 Å². The highest BCUT2D eigenvalue weighted by Gasteiger charge is 2.11. The first kappa shape index (κ1) is 11.6. The number of hydrogen-bond acceptors (Lipinski definition) is 4. The number of rotatable bonds is 5. The Bertz CT molecular complexity index is 282. The third kappa shape index (κ3) is 3.69. The maximum absolute atomic E-state index is 5.54. The molecule has 5 heteroatoms. The van der Waals surface area contributed by atoms with Crippen LogP contribution in [0.5, 0.6) is 0 Å². The van der Waals surface area contributed by atoms with Crippen LogP contribution in [0.2, 0.25) is 0 Å². The molecule has 0 aliphatic heterocycles. The van der Waals surface area contributed by atoms with Gasteiger partial charge in [0.1, 0.15) is 0 Å². The Morgan fingerprint density at radius 1 is 1.71 bits per heavy atom. The number of thiocarbonyl (C=S) groups is 1. The molecule has 0 bridgehead atoms. The first-order valence-corrected chi connectivity index (χ1v) is 5.78. The van der Waals surface area contributed by atoms with Crippen LogP contribution in [-0.2, 0) is 6.54 Å². The fraction of sp³-hybridized carbons (Fsp3) is 0.556. The van der Waals surface area contributed by atoms with Crippen LogP contribution in [0.1, 0.15) is 18.7 Å². The summed E-state index contributed by atoms with van der Waals surface area (Å²) in [6.45, 7) is 5.82. The molecule has 0 atom stereocenters. The summed E-state index contributed by atoms with van der Waals surface area (Å²) < 4.78 is 0. The first-order chi connectivity index (χ1) is 6.59. The van der Waals surface area contributed by atoms with Gasteiger partial charge in [-0.1, -0.05) is 12.2 Å². The molecule has 0 aromatic carbocycles. The minimum absolute atomic E-state index is 0.443. The summed E-state index contributed by atoms with van der Waals surface area (Å²) in [5.74, 6) is 0. The second kappa shape index (κ2) is 5.38. The predicted octanol–water partition coefficient (Wildman–Crippen LogP) is 1.64. The van der Waals surface area contributed by atoms with Crippen molar-refractivity contribution in [3.8, 4) is 0 Å². The molecule has 0 radical (unpaired) electrons. The third-order valence-corrected chi connectivity index (χ3v) is 2.83. The Morgan fingerprint density at radius 2 is 2.43 bits per heavy atom. The molecule has 0 spiro atoms. The van der Waals surface area contributed by atoms with Gasteiger partial charge in [-0.3, -0.25) is 9.88 Å². The molecule has 0 amide bonds. The lowest BCUT2D eigenvalue weighted by atomic mass is 10.3. The first-order valence-electron chi connectivity index (χ1n) is 4.49. The van der Waals surface area contributed by atoms with Gasteiger partial charge in [0.15, 0.2) is 0 Å². The van der Waals surface area contributed by atoms with E-state index < -0.39 is 0 Å². The normalized spacial score (nSPS) is 11.1. The van der Waals surface area contributed by atoms with Crippen LogP contribution in [0.15, 0.2) is 11.7 Å². The highest BCUT2D eigenvalue weighted by atomic mass is 32.1.